The summed E-state index contributed by atoms with van der Waals surface area (Å²) in [6, 6.07) is 11.2. The first-order chi connectivity index (χ1) is 15.8. The van der Waals surface area contributed by atoms with Gasteiger partial charge in [0.1, 0.15) is 5.82 Å². The number of rotatable bonds is 9. The Kier molecular flexibility index (Phi) is 8.30. The Morgan fingerprint density at radius 2 is 1.79 bits per heavy atom. The lowest BCUT2D eigenvalue weighted by atomic mass is 10.1. The van der Waals surface area contributed by atoms with Gasteiger partial charge in [-0.25, -0.2) is 0 Å². The highest BCUT2D eigenvalue weighted by atomic mass is 35.5. The molecule has 0 saturated heterocycles. The van der Waals surface area contributed by atoms with Crippen LogP contribution in [0.5, 0.6) is 0 Å². The van der Waals surface area contributed by atoms with Crippen LogP contribution in [0.2, 0.25) is 5.02 Å². The van der Waals surface area contributed by atoms with Crippen molar-refractivity contribution in [2.45, 2.75) is 38.9 Å². The molecule has 0 aliphatic carbocycles. The standard InChI is InChI=1S/C24H26ClN5O2S/c1-5-10-30-21(13-22(31)26-19-9-6-15(2)11-17(19)4)28-29-24(30)33-14-23(32)27-20-12-18(25)8-7-16(20)3/h5-9,11-12H,1,10,13-14H2,2-4H3,(H,26,31)(H,27,32). The number of aryl methyl sites for hydroxylation is 3. The molecule has 0 aliphatic heterocycles. The van der Waals surface area contributed by atoms with E-state index in [0.29, 0.717) is 28.2 Å². The number of halogens is 1. The zero-order chi connectivity index (χ0) is 24.0. The number of nitrogens with one attached hydrogen (secondary N) is 2. The number of carbonyl (C=O) groups excluding carboxylic acids is 2. The molecule has 2 N–H and O–H groups in total. The van der Waals surface area contributed by atoms with Crippen LogP contribution < -0.4 is 10.6 Å². The Balaban J connectivity index is 1.64. The molecule has 1 heterocycles. The highest BCUT2D eigenvalue weighted by molar-refractivity contribution is 7.99. The number of amides is 2. The van der Waals surface area contributed by atoms with Crippen molar-refractivity contribution >= 4 is 46.6 Å². The van der Waals surface area contributed by atoms with Gasteiger partial charge in [-0.05, 0) is 50.1 Å². The van der Waals surface area contributed by atoms with Gasteiger partial charge in [-0.2, -0.15) is 0 Å². The molecule has 9 heteroatoms. The summed E-state index contributed by atoms with van der Waals surface area (Å²) < 4.78 is 1.79. The molecule has 3 rings (SSSR count). The summed E-state index contributed by atoms with van der Waals surface area (Å²) >= 11 is 7.26. The Hall–Kier alpha value is -3.10. The van der Waals surface area contributed by atoms with Gasteiger partial charge < -0.3 is 15.2 Å². The average molecular weight is 484 g/mol. The Bertz CT molecular complexity index is 1190. The van der Waals surface area contributed by atoms with Gasteiger partial charge in [0, 0.05) is 22.9 Å². The van der Waals surface area contributed by atoms with E-state index in [-0.39, 0.29) is 24.0 Å². The summed E-state index contributed by atoms with van der Waals surface area (Å²) in [7, 11) is 0. The Morgan fingerprint density at radius 1 is 1.03 bits per heavy atom. The second-order valence-corrected chi connectivity index (χ2v) is 9.02. The number of thioether (sulfide) groups is 1. The molecule has 3 aromatic rings. The monoisotopic (exact) mass is 483 g/mol. The summed E-state index contributed by atoms with van der Waals surface area (Å²) in [5, 5.41) is 15.2. The first-order valence-corrected chi connectivity index (χ1v) is 11.7. The zero-order valence-electron chi connectivity index (χ0n) is 18.8. The topological polar surface area (TPSA) is 88.9 Å². The molecule has 7 nitrogen and oxygen atoms in total. The van der Waals surface area contributed by atoms with Crippen LogP contribution in [0, 0.1) is 20.8 Å². The number of hydrogen-bond donors (Lipinski definition) is 2. The molecule has 0 spiro atoms. The van der Waals surface area contributed by atoms with Crippen LogP contribution >= 0.6 is 23.4 Å². The van der Waals surface area contributed by atoms with Crippen LogP contribution in [0.4, 0.5) is 11.4 Å². The number of nitrogens with zero attached hydrogens (tertiary/aromatic N) is 3. The van der Waals surface area contributed by atoms with Crippen molar-refractivity contribution in [1.29, 1.82) is 0 Å². The van der Waals surface area contributed by atoms with E-state index in [0.717, 1.165) is 22.4 Å². The number of carbonyl (C=O) groups is 2. The lowest BCUT2D eigenvalue weighted by Crippen LogP contribution is -2.18. The third kappa shape index (κ3) is 6.69. The fourth-order valence-electron chi connectivity index (χ4n) is 3.21. The van der Waals surface area contributed by atoms with Crippen molar-refractivity contribution < 1.29 is 9.59 Å². The molecule has 33 heavy (non-hydrogen) atoms. The number of benzene rings is 2. The molecule has 0 unspecified atom stereocenters. The van der Waals surface area contributed by atoms with Gasteiger partial charge in [0.2, 0.25) is 11.8 Å². The normalized spacial score (nSPS) is 10.7. The minimum absolute atomic E-state index is 0.0582. The van der Waals surface area contributed by atoms with Crippen molar-refractivity contribution in [2.75, 3.05) is 16.4 Å². The molecule has 0 aliphatic rings. The average Bonchev–Trinajstić information content (AvgIpc) is 3.13. The van der Waals surface area contributed by atoms with Crippen LogP contribution in [-0.2, 0) is 22.6 Å². The second kappa shape index (κ2) is 11.2. The predicted molar refractivity (Wildman–Crippen MR) is 134 cm³/mol. The fraction of sp³-hybridized carbons (Fsp3) is 0.250. The second-order valence-electron chi connectivity index (χ2n) is 7.64. The zero-order valence-corrected chi connectivity index (χ0v) is 20.4. The number of allylic oxidation sites excluding steroid dienone is 1. The van der Waals surface area contributed by atoms with Crippen molar-refractivity contribution in [2.24, 2.45) is 0 Å². The molecule has 0 atom stereocenters. The summed E-state index contributed by atoms with van der Waals surface area (Å²) in [5.41, 5.74) is 4.48. The maximum Gasteiger partial charge on any atom is 0.234 e. The number of aromatic nitrogens is 3. The molecule has 2 amide bonds. The van der Waals surface area contributed by atoms with Crippen LogP contribution in [-0.4, -0.2) is 32.3 Å². The van der Waals surface area contributed by atoms with Gasteiger partial charge in [0.15, 0.2) is 5.16 Å². The van der Waals surface area contributed by atoms with E-state index in [2.05, 4.69) is 27.4 Å². The minimum Gasteiger partial charge on any atom is -0.325 e. The van der Waals surface area contributed by atoms with Crippen molar-refractivity contribution in [1.82, 2.24) is 14.8 Å². The predicted octanol–water partition coefficient (Wildman–Crippen LogP) is 4.95. The highest BCUT2D eigenvalue weighted by Gasteiger charge is 2.17. The molecule has 2 aromatic carbocycles. The van der Waals surface area contributed by atoms with E-state index >= 15 is 0 Å². The third-order valence-electron chi connectivity index (χ3n) is 4.89. The number of anilines is 2. The van der Waals surface area contributed by atoms with Crippen molar-refractivity contribution in [3.05, 3.63) is 76.6 Å². The van der Waals surface area contributed by atoms with Gasteiger partial charge in [0.25, 0.3) is 0 Å². The molecule has 172 valence electrons. The number of hydrogen-bond acceptors (Lipinski definition) is 5. The Morgan fingerprint density at radius 3 is 2.52 bits per heavy atom. The van der Waals surface area contributed by atoms with E-state index in [1.165, 1.54) is 11.8 Å². The van der Waals surface area contributed by atoms with E-state index in [9.17, 15) is 9.59 Å². The molecule has 0 radical (unpaired) electrons. The largest absolute Gasteiger partial charge is 0.325 e. The lowest BCUT2D eigenvalue weighted by molar-refractivity contribution is -0.116. The maximum absolute atomic E-state index is 12.6. The molecule has 0 saturated carbocycles. The Labute approximate surface area is 202 Å². The quantitative estimate of drug-likeness (QED) is 0.332. The lowest BCUT2D eigenvalue weighted by Gasteiger charge is -2.11. The first-order valence-electron chi connectivity index (χ1n) is 10.4. The van der Waals surface area contributed by atoms with Crippen LogP contribution in [0.15, 0.2) is 54.2 Å². The maximum atomic E-state index is 12.6. The first kappa shape index (κ1) is 24.5. The molecule has 0 fully saturated rings. The fourth-order valence-corrected chi connectivity index (χ4v) is 4.14. The van der Waals surface area contributed by atoms with E-state index in [1.54, 1.807) is 22.8 Å². The summed E-state index contributed by atoms with van der Waals surface area (Å²) in [6.45, 7) is 10.1. The minimum atomic E-state index is -0.189. The smallest absolute Gasteiger partial charge is 0.234 e. The SMILES string of the molecule is C=CCn1c(CC(=O)Nc2ccc(C)cc2C)nnc1SCC(=O)Nc1cc(Cl)ccc1C. The van der Waals surface area contributed by atoms with Crippen LogP contribution in [0.25, 0.3) is 0 Å². The summed E-state index contributed by atoms with van der Waals surface area (Å²) in [4.78, 5) is 25.1. The molecular formula is C24H26ClN5O2S. The summed E-state index contributed by atoms with van der Waals surface area (Å²) in [5.74, 6) is 0.263. The van der Waals surface area contributed by atoms with Gasteiger partial charge in [0.05, 0.1) is 12.2 Å². The third-order valence-corrected chi connectivity index (χ3v) is 6.09. The van der Waals surface area contributed by atoms with Gasteiger partial charge in [-0.3, -0.25) is 9.59 Å². The highest BCUT2D eigenvalue weighted by Crippen LogP contribution is 2.22. The van der Waals surface area contributed by atoms with Crippen LogP contribution in [0.1, 0.15) is 22.5 Å². The van der Waals surface area contributed by atoms with E-state index in [1.807, 2.05) is 45.0 Å². The van der Waals surface area contributed by atoms with E-state index < -0.39 is 0 Å². The van der Waals surface area contributed by atoms with Crippen molar-refractivity contribution in [3.8, 4) is 0 Å². The van der Waals surface area contributed by atoms with Crippen LogP contribution in [0.3, 0.4) is 0 Å². The van der Waals surface area contributed by atoms with Gasteiger partial charge in [-0.1, -0.05) is 53.2 Å². The summed E-state index contributed by atoms with van der Waals surface area (Å²) in [6.07, 6.45) is 1.76. The molecule has 1 aromatic heterocycles. The molecular weight excluding hydrogens is 458 g/mol. The van der Waals surface area contributed by atoms with Gasteiger partial charge in [-0.15, -0.1) is 16.8 Å². The van der Waals surface area contributed by atoms with Gasteiger partial charge >= 0.3 is 0 Å². The van der Waals surface area contributed by atoms with E-state index in [4.69, 9.17) is 11.6 Å². The van der Waals surface area contributed by atoms with Crippen molar-refractivity contribution in [3.63, 3.8) is 0 Å². The molecule has 0 bridgehead atoms.